The van der Waals surface area contributed by atoms with Crippen LogP contribution in [0, 0.1) is 0 Å². The Hall–Kier alpha value is -2.76. The fraction of sp³-hybridized carbons (Fsp3) is 0.250. The van der Waals surface area contributed by atoms with Crippen LogP contribution in [-0.2, 0) is 9.59 Å². The van der Waals surface area contributed by atoms with Gasteiger partial charge in [0, 0.05) is 12.6 Å². The summed E-state index contributed by atoms with van der Waals surface area (Å²) in [7, 11) is 2.84. The largest absolute Gasteiger partial charge is 0.502 e. The molecule has 1 heterocycles. The number of benzene rings is 1. The number of hydrogen-bond donors (Lipinski definition) is 1. The zero-order chi connectivity index (χ0) is 16.1. The van der Waals surface area contributed by atoms with Crippen LogP contribution in [0.5, 0.6) is 17.2 Å². The summed E-state index contributed by atoms with van der Waals surface area (Å²) in [5, 5.41) is 9.83. The average Bonchev–Trinajstić information content (AvgIpc) is 2.54. The molecule has 0 bridgehead atoms. The number of methoxy groups -OCH3 is 2. The van der Waals surface area contributed by atoms with Crippen LogP contribution in [0.1, 0.15) is 12.0 Å². The molecule has 116 valence electrons. The molecule has 1 N–H and O–H groups in total. The number of nitrogens with zero attached hydrogens (tertiary/aromatic N) is 1. The molecule has 0 spiro atoms. The molecule has 0 atom stereocenters. The van der Waals surface area contributed by atoms with E-state index in [4.69, 9.17) is 9.47 Å². The molecule has 0 saturated heterocycles. The van der Waals surface area contributed by atoms with Gasteiger partial charge in [0.25, 0.3) is 11.8 Å². The number of aromatic hydroxyl groups is 1. The van der Waals surface area contributed by atoms with Crippen LogP contribution in [0.2, 0.25) is 0 Å². The normalized spacial score (nSPS) is 14.5. The average molecular weight is 303 g/mol. The molecule has 0 saturated carbocycles. The summed E-state index contributed by atoms with van der Waals surface area (Å²) in [4.78, 5) is 24.8. The molecule has 2 rings (SSSR count). The molecule has 1 aliphatic heterocycles. The number of carbonyl (C=O) groups is 2. The Labute approximate surface area is 128 Å². The van der Waals surface area contributed by atoms with E-state index < -0.39 is 0 Å². The first-order valence-electron chi connectivity index (χ1n) is 6.72. The van der Waals surface area contributed by atoms with Crippen LogP contribution in [0.25, 0.3) is 6.08 Å². The van der Waals surface area contributed by atoms with Crippen molar-refractivity contribution in [1.82, 2.24) is 4.90 Å². The van der Waals surface area contributed by atoms with Crippen LogP contribution in [0.15, 0.2) is 30.4 Å². The smallest absolute Gasteiger partial charge is 0.253 e. The maximum Gasteiger partial charge on any atom is 0.253 e. The molecule has 0 fully saturated rings. The van der Waals surface area contributed by atoms with Gasteiger partial charge >= 0.3 is 0 Å². The number of hydrogen-bond acceptors (Lipinski definition) is 5. The molecular formula is C16H17NO5. The lowest BCUT2D eigenvalue weighted by atomic mass is 10.1. The third-order valence-corrected chi connectivity index (χ3v) is 3.23. The van der Waals surface area contributed by atoms with Gasteiger partial charge in [-0.15, -0.1) is 0 Å². The standard InChI is InChI=1S/C16H17NO5/c1-21-12-9-11(10-13(22-2)16(12)20)6-7-15(19)17-8-4-3-5-14(17)18/h3,5-7,9-10,20H,4,8H2,1-2H3/b7-6-. The van der Waals surface area contributed by atoms with Crippen molar-refractivity contribution in [3.05, 3.63) is 35.9 Å². The third kappa shape index (κ3) is 3.28. The molecule has 2 amide bonds. The van der Waals surface area contributed by atoms with Gasteiger partial charge < -0.3 is 14.6 Å². The molecule has 6 nitrogen and oxygen atoms in total. The van der Waals surface area contributed by atoms with Crippen molar-refractivity contribution < 1.29 is 24.2 Å². The summed E-state index contributed by atoms with van der Waals surface area (Å²) in [5.74, 6) is -0.334. The number of rotatable bonds is 4. The minimum Gasteiger partial charge on any atom is -0.502 e. The van der Waals surface area contributed by atoms with Gasteiger partial charge in [0.2, 0.25) is 5.75 Å². The second-order valence-electron chi connectivity index (χ2n) is 4.63. The minimum absolute atomic E-state index is 0.107. The topological polar surface area (TPSA) is 76.1 Å². The zero-order valence-corrected chi connectivity index (χ0v) is 12.4. The molecule has 0 aliphatic carbocycles. The van der Waals surface area contributed by atoms with E-state index in [9.17, 15) is 14.7 Å². The number of carbonyl (C=O) groups excluding carboxylic acids is 2. The van der Waals surface area contributed by atoms with Gasteiger partial charge in [-0.25, -0.2) is 0 Å². The van der Waals surface area contributed by atoms with E-state index in [1.54, 1.807) is 24.3 Å². The van der Waals surface area contributed by atoms with Crippen LogP contribution in [0.4, 0.5) is 0 Å². The zero-order valence-electron chi connectivity index (χ0n) is 12.4. The molecule has 0 radical (unpaired) electrons. The van der Waals surface area contributed by atoms with Gasteiger partial charge in [0.1, 0.15) is 0 Å². The molecule has 6 heteroatoms. The second-order valence-corrected chi connectivity index (χ2v) is 4.63. The van der Waals surface area contributed by atoms with Gasteiger partial charge in [-0.2, -0.15) is 0 Å². The SMILES string of the molecule is COc1cc(/C=C\C(=O)N2CCC=CC2=O)cc(OC)c1O. The molecule has 22 heavy (non-hydrogen) atoms. The maximum absolute atomic E-state index is 12.0. The van der Waals surface area contributed by atoms with Gasteiger partial charge in [-0.05, 0) is 36.3 Å². The first kappa shape index (κ1) is 15.6. The van der Waals surface area contributed by atoms with Crippen molar-refractivity contribution in [2.24, 2.45) is 0 Å². The monoisotopic (exact) mass is 303 g/mol. The highest BCUT2D eigenvalue weighted by atomic mass is 16.5. The third-order valence-electron chi connectivity index (χ3n) is 3.23. The van der Waals surface area contributed by atoms with E-state index in [0.717, 1.165) is 0 Å². The van der Waals surface area contributed by atoms with Crippen LogP contribution in [-0.4, -0.2) is 42.6 Å². The second kappa shape index (κ2) is 6.80. The maximum atomic E-state index is 12.0. The van der Waals surface area contributed by atoms with Gasteiger partial charge in [-0.1, -0.05) is 6.08 Å². The first-order valence-corrected chi connectivity index (χ1v) is 6.72. The van der Waals surface area contributed by atoms with E-state index in [0.29, 0.717) is 18.5 Å². The van der Waals surface area contributed by atoms with Crippen LogP contribution >= 0.6 is 0 Å². The highest BCUT2D eigenvalue weighted by molar-refractivity contribution is 6.06. The highest BCUT2D eigenvalue weighted by Gasteiger charge is 2.19. The fourth-order valence-corrected chi connectivity index (χ4v) is 2.07. The van der Waals surface area contributed by atoms with Crippen LogP contribution < -0.4 is 9.47 Å². The van der Waals surface area contributed by atoms with Crippen molar-refractivity contribution in [2.45, 2.75) is 6.42 Å². The number of imide groups is 1. The highest BCUT2D eigenvalue weighted by Crippen LogP contribution is 2.37. The van der Waals surface area contributed by atoms with Gasteiger partial charge in [-0.3, -0.25) is 14.5 Å². The van der Waals surface area contributed by atoms with Crippen molar-refractivity contribution in [2.75, 3.05) is 20.8 Å². The fourth-order valence-electron chi connectivity index (χ4n) is 2.07. The van der Waals surface area contributed by atoms with Crippen LogP contribution in [0.3, 0.4) is 0 Å². The Kier molecular flexibility index (Phi) is 4.83. The Morgan fingerprint density at radius 1 is 1.27 bits per heavy atom. The van der Waals surface area contributed by atoms with E-state index >= 15 is 0 Å². The van der Waals surface area contributed by atoms with E-state index in [-0.39, 0.29) is 29.1 Å². The van der Waals surface area contributed by atoms with E-state index in [2.05, 4.69) is 0 Å². The number of phenolic OH excluding ortho intramolecular Hbond substituents is 1. The summed E-state index contributed by atoms with van der Waals surface area (Å²) in [6.45, 7) is 0.376. The molecule has 1 aromatic carbocycles. The summed E-state index contributed by atoms with van der Waals surface area (Å²) in [5.41, 5.74) is 0.611. The predicted molar refractivity (Wildman–Crippen MR) is 80.7 cm³/mol. The van der Waals surface area contributed by atoms with Gasteiger partial charge in [0.05, 0.1) is 14.2 Å². The lowest BCUT2D eigenvalue weighted by Crippen LogP contribution is -2.37. The van der Waals surface area contributed by atoms with E-state index in [1.165, 1.54) is 31.3 Å². The van der Waals surface area contributed by atoms with Crippen molar-refractivity contribution in [3.63, 3.8) is 0 Å². The molecule has 0 aromatic heterocycles. The molecule has 1 aromatic rings. The first-order chi connectivity index (χ1) is 10.6. The van der Waals surface area contributed by atoms with Crippen molar-refractivity contribution >= 4 is 17.9 Å². The number of phenols is 1. The Morgan fingerprint density at radius 2 is 1.91 bits per heavy atom. The lowest BCUT2D eigenvalue weighted by Gasteiger charge is -2.19. The molecule has 1 aliphatic rings. The molecule has 0 unspecified atom stereocenters. The van der Waals surface area contributed by atoms with E-state index in [1.807, 2.05) is 0 Å². The summed E-state index contributed by atoms with van der Waals surface area (Å²) in [6, 6.07) is 3.14. The Balaban J connectivity index is 2.21. The minimum atomic E-state index is -0.389. The Bertz CT molecular complexity index is 623. The quantitative estimate of drug-likeness (QED) is 0.857. The number of ether oxygens (including phenoxy) is 2. The van der Waals surface area contributed by atoms with Crippen molar-refractivity contribution in [3.8, 4) is 17.2 Å². The summed E-state index contributed by atoms with van der Waals surface area (Å²) >= 11 is 0. The van der Waals surface area contributed by atoms with Crippen molar-refractivity contribution in [1.29, 1.82) is 0 Å². The number of amides is 2. The summed E-state index contributed by atoms with van der Waals surface area (Å²) < 4.78 is 10.1. The molecular weight excluding hydrogens is 286 g/mol. The lowest BCUT2D eigenvalue weighted by molar-refractivity contribution is -0.139. The van der Waals surface area contributed by atoms with Gasteiger partial charge in [0.15, 0.2) is 11.5 Å². The summed E-state index contributed by atoms with van der Waals surface area (Å²) in [6.07, 6.45) is 6.64. The predicted octanol–water partition coefficient (Wildman–Crippen LogP) is 1.74. The Morgan fingerprint density at radius 3 is 2.45 bits per heavy atom.